The maximum atomic E-state index is 8.89. The van der Waals surface area contributed by atoms with Crippen LogP contribution in [0.5, 0.6) is 0 Å². The van der Waals surface area contributed by atoms with Crippen molar-refractivity contribution in [1.29, 1.82) is 5.26 Å². The molecule has 1 aliphatic rings. The number of nitrogens with zero attached hydrogens (tertiary/aromatic N) is 3. The van der Waals surface area contributed by atoms with Crippen LogP contribution in [0.4, 0.5) is 5.69 Å². The molecule has 22 heavy (non-hydrogen) atoms. The fraction of sp³-hybridized carbons (Fsp3) is 0.353. The number of thiophene rings is 1. The maximum absolute atomic E-state index is 8.89. The molecular formula is C17H18BrN3S. The van der Waals surface area contributed by atoms with Crippen molar-refractivity contribution in [2.24, 2.45) is 0 Å². The Hall–Kier alpha value is -1.35. The largest absolute Gasteiger partial charge is 0.370 e. The van der Waals surface area contributed by atoms with E-state index in [1.807, 2.05) is 23.5 Å². The topological polar surface area (TPSA) is 30.3 Å². The van der Waals surface area contributed by atoms with Gasteiger partial charge in [-0.15, -0.1) is 11.3 Å². The average molecular weight is 376 g/mol. The zero-order valence-electron chi connectivity index (χ0n) is 12.3. The highest BCUT2D eigenvalue weighted by atomic mass is 79.9. The van der Waals surface area contributed by atoms with Crippen molar-refractivity contribution in [2.45, 2.75) is 13.0 Å². The normalized spacial score (nSPS) is 16.3. The molecule has 0 saturated carbocycles. The summed E-state index contributed by atoms with van der Waals surface area (Å²) in [6, 6.07) is 12.2. The fourth-order valence-corrected chi connectivity index (χ4v) is 4.29. The summed E-state index contributed by atoms with van der Waals surface area (Å²) >= 11 is 5.44. The molecule has 2 aromatic rings. The number of halogens is 1. The van der Waals surface area contributed by atoms with Gasteiger partial charge in [0.2, 0.25) is 0 Å². The predicted octanol–water partition coefficient (Wildman–Crippen LogP) is 4.09. The highest BCUT2D eigenvalue weighted by Gasteiger charge is 2.16. The first-order valence-electron chi connectivity index (χ1n) is 7.45. The lowest BCUT2D eigenvalue weighted by atomic mass is 10.2. The molecule has 1 aromatic carbocycles. The highest BCUT2D eigenvalue weighted by molar-refractivity contribution is 9.10. The van der Waals surface area contributed by atoms with Gasteiger partial charge in [-0.1, -0.05) is 0 Å². The van der Waals surface area contributed by atoms with E-state index in [4.69, 9.17) is 5.26 Å². The summed E-state index contributed by atoms with van der Waals surface area (Å²) < 4.78 is 1.23. The molecule has 1 aliphatic heterocycles. The minimum Gasteiger partial charge on any atom is -0.370 e. The molecule has 1 aromatic heterocycles. The molecule has 0 N–H and O–H groups in total. The Morgan fingerprint density at radius 1 is 1.09 bits per heavy atom. The zero-order chi connectivity index (χ0) is 15.4. The molecular weight excluding hydrogens is 358 g/mol. The predicted molar refractivity (Wildman–Crippen MR) is 95.3 cm³/mol. The van der Waals surface area contributed by atoms with Crippen LogP contribution in [0.15, 0.2) is 40.2 Å². The number of hydrogen-bond donors (Lipinski definition) is 0. The first-order valence-corrected chi connectivity index (χ1v) is 9.13. The Morgan fingerprint density at radius 3 is 2.59 bits per heavy atom. The van der Waals surface area contributed by atoms with Crippen molar-refractivity contribution >= 4 is 33.0 Å². The average Bonchev–Trinajstić information content (AvgIpc) is 2.81. The Balaban J connectivity index is 1.62. The first kappa shape index (κ1) is 15.5. The molecule has 0 radical (unpaired) electrons. The van der Waals surface area contributed by atoms with Crippen molar-refractivity contribution in [1.82, 2.24) is 4.90 Å². The fourth-order valence-electron chi connectivity index (χ4n) is 2.78. The van der Waals surface area contributed by atoms with E-state index in [9.17, 15) is 0 Å². The molecule has 1 fully saturated rings. The van der Waals surface area contributed by atoms with Crippen LogP contribution in [0, 0.1) is 11.3 Å². The second-order valence-corrected chi connectivity index (χ2v) is 7.32. The highest BCUT2D eigenvalue weighted by Crippen LogP contribution is 2.25. The molecule has 0 bridgehead atoms. The lowest BCUT2D eigenvalue weighted by Crippen LogP contribution is -2.30. The second-order valence-electron chi connectivity index (χ2n) is 5.47. The second kappa shape index (κ2) is 7.28. The Kier molecular flexibility index (Phi) is 5.14. The van der Waals surface area contributed by atoms with Crippen LogP contribution in [0.2, 0.25) is 0 Å². The van der Waals surface area contributed by atoms with Crippen LogP contribution < -0.4 is 4.90 Å². The quantitative estimate of drug-likeness (QED) is 0.808. The number of benzene rings is 1. The van der Waals surface area contributed by atoms with E-state index in [2.05, 4.69) is 55.4 Å². The van der Waals surface area contributed by atoms with E-state index in [0.29, 0.717) is 0 Å². The summed E-state index contributed by atoms with van der Waals surface area (Å²) in [6.07, 6.45) is 1.17. The number of nitriles is 1. The van der Waals surface area contributed by atoms with E-state index in [-0.39, 0.29) is 0 Å². The van der Waals surface area contributed by atoms with Crippen LogP contribution in [-0.4, -0.2) is 31.1 Å². The van der Waals surface area contributed by atoms with Crippen LogP contribution in [-0.2, 0) is 6.54 Å². The van der Waals surface area contributed by atoms with Gasteiger partial charge >= 0.3 is 0 Å². The lowest BCUT2D eigenvalue weighted by molar-refractivity contribution is 0.287. The summed E-state index contributed by atoms with van der Waals surface area (Å²) in [5, 5.41) is 11.0. The van der Waals surface area contributed by atoms with E-state index in [1.165, 1.54) is 21.5 Å². The summed E-state index contributed by atoms with van der Waals surface area (Å²) in [5.41, 5.74) is 1.95. The minimum absolute atomic E-state index is 0.725. The molecule has 0 unspecified atom stereocenters. The molecule has 5 heteroatoms. The Bertz CT molecular complexity index is 659. The maximum Gasteiger partial charge on any atom is 0.0991 e. The standard InChI is InChI=1S/C17H18BrN3S/c18-16-6-11-22-17(16)13-20-7-1-8-21(10-9-20)15-4-2-14(12-19)3-5-15/h2-6,11H,1,7-10,13H2. The molecule has 0 amide bonds. The summed E-state index contributed by atoms with van der Waals surface area (Å²) in [7, 11) is 0. The third kappa shape index (κ3) is 3.70. The minimum atomic E-state index is 0.725. The number of hydrogen-bond acceptors (Lipinski definition) is 4. The van der Waals surface area contributed by atoms with Crippen LogP contribution >= 0.6 is 27.3 Å². The van der Waals surface area contributed by atoms with Gasteiger partial charge in [-0.05, 0) is 58.1 Å². The molecule has 3 rings (SSSR count). The van der Waals surface area contributed by atoms with Crippen molar-refractivity contribution < 1.29 is 0 Å². The summed E-state index contributed by atoms with van der Waals surface area (Å²) in [6.45, 7) is 5.35. The smallest absolute Gasteiger partial charge is 0.0991 e. The van der Waals surface area contributed by atoms with Crippen LogP contribution in [0.25, 0.3) is 0 Å². The van der Waals surface area contributed by atoms with Crippen LogP contribution in [0.1, 0.15) is 16.9 Å². The van der Waals surface area contributed by atoms with E-state index in [1.54, 1.807) is 0 Å². The molecule has 0 atom stereocenters. The van der Waals surface area contributed by atoms with Gasteiger partial charge in [-0.3, -0.25) is 4.90 Å². The summed E-state index contributed by atoms with van der Waals surface area (Å²) in [5.74, 6) is 0. The van der Waals surface area contributed by atoms with Crippen molar-refractivity contribution in [3.05, 3.63) is 50.6 Å². The van der Waals surface area contributed by atoms with Gasteiger partial charge in [0.15, 0.2) is 0 Å². The van der Waals surface area contributed by atoms with Crippen molar-refractivity contribution in [3.63, 3.8) is 0 Å². The Morgan fingerprint density at radius 2 is 1.91 bits per heavy atom. The molecule has 0 aliphatic carbocycles. The number of rotatable bonds is 3. The van der Waals surface area contributed by atoms with Gasteiger partial charge in [0.25, 0.3) is 0 Å². The number of anilines is 1. The van der Waals surface area contributed by atoms with Gasteiger partial charge in [-0.2, -0.15) is 5.26 Å². The third-order valence-electron chi connectivity index (χ3n) is 4.01. The third-order valence-corrected chi connectivity index (χ3v) is 5.92. The van der Waals surface area contributed by atoms with Crippen LogP contribution in [0.3, 0.4) is 0 Å². The van der Waals surface area contributed by atoms with Gasteiger partial charge in [-0.25, -0.2) is 0 Å². The zero-order valence-corrected chi connectivity index (χ0v) is 14.7. The molecule has 1 saturated heterocycles. The monoisotopic (exact) mass is 375 g/mol. The van der Waals surface area contributed by atoms with Gasteiger partial charge in [0.1, 0.15) is 0 Å². The Labute approximate surface area is 143 Å². The SMILES string of the molecule is N#Cc1ccc(N2CCCN(Cc3sccc3Br)CC2)cc1. The summed E-state index contributed by atoms with van der Waals surface area (Å²) in [4.78, 5) is 6.36. The van der Waals surface area contributed by atoms with E-state index < -0.39 is 0 Å². The molecule has 3 nitrogen and oxygen atoms in total. The van der Waals surface area contributed by atoms with E-state index in [0.717, 1.165) is 38.3 Å². The van der Waals surface area contributed by atoms with Crippen molar-refractivity contribution in [3.8, 4) is 6.07 Å². The first-order chi connectivity index (χ1) is 10.8. The lowest BCUT2D eigenvalue weighted by Gasteiger charge is -2.23. The van der Waals surface area contributed by atoms with E-state index >= 15 is 0 Å². The molecule has 0 spiro atoms. The van der Waals surface area contributed by atoms with Gasteiger partial charge in [0.05, 0.1) is 11.6 Å². The molecule has 2 heterocycles. The van der Waals surface area contributed by atoms with Gasteiger partial charge in [0, 0.05) is 47.8 Å². The van der Waals surface area contributed by atoms with Gasteiger partial charge < -0.3 is 4.90 Å². The van der Waals surface area contributed by atoms with Crippen molar-refractivity contribution in [2.75, 3.05) is 31.1 Å². The molecule has 114 valence electrons.